The molecule has 8 heteroatoms. The molecule has 0 aromatic heterocycles. The van der Waals surface area contributed by atoms with Crippen molar-refractivity contribution < 1.29 is 19.2 Å². The average Bonchev–Trinajstić information content (AvgIpc) is 3.26. The summed E-state index contributed by atoms with van der Waals surface area (Å²) >= 11 is 0. The number of nitro benzene ring substituents is 1. The van der Waals surface area contributed by atoms with E-state index < -0.39 is 16.7 Å². The molecule has 0 bridgehead atoms. The summed E-state index contributed by atoms with van der Waals surface area (Å²) in [5.41, 5.74) is 1.73. The number of carbonyl (C=O) groups is 2. The van der Waals surface area contributed by atoms with Crippen LogP contribution in [-0.2, 0) is 9.53 Å². The first-order valence-electron chi connectivity index (χ1n) is 9.66. The van der Waals surface area contributed by atoms with Crippen LogP contribution in [0.25, 0.3) is 6.08 Å². The maximum absolute atomic E-state index is 12.8. The van der Waals surface area contributed by atoms with Gasteiger partial charge in [-0.3, -0.25) is 19.7 Å². The van der Waals surface area contributed by atoms with Gasteiger partial charge < -0.3 is 15.4 Å². The summed E-state index contributed by atoms with van der Waals surface area (Å²) in [5.74, 6) is -0.934. The summed E-state index contributed by atoms with van der Waals surface area (Å²) < 4.78 is 5.51. The van der Waals surface area contributed by atoms with Crippen molar-refractivity contribution in [2.75, 3.05) is 13.2 Å². The zero-order chi connectivity index (χ0) is 21.5. The highest BCUT2D eigenvalue weighted by Gasteiger charge is 2.19. The molecule has 0 unspecified atom stereocenters. The van der Waals surface area contributed by atoms with E-state index in [2.05, 4.69) is 10.6 Å². The molecule has 2 N–H and O–H groups in total. The Kier molecular flexibility index (Phi) is 6.92. The van der Waals surface area contributed by atoms with E-state index in [-0.39, 0.29) is 17.5 Å². The first-order chi connectivity index (χ1) is 14.4. The zero-order valence-electron chi connectivity index (χ0n) is 16.6. The molecule has 0 radical (unpaired) electrons. The van der Waals surface area contributed by atoms with E-state index in [1.807, 2.05) is 6.92 Å². The Hall–Kier alpha value is -3.52. The number of nitrogens with one attached hydrogen (secondary N) is 2. The van der Waals surface area contributed by atoms with Crippen molar-refractivity contribution in [3.05, 3.63) is 81.0 Å². The molecule has 3 rings (SSSR count). The van der Waals surface area contributed by atoms with Crippen LogP contribution in [0.4, 0.5) is 5.69 Å². The number of nitrogens with zero attached hydrogens (tertiary/aromatic N) is 1. The molecule has 156 valence electrons. The fourth-order valence-electron chi connectivity index (χ4n) is 3.06. The maximum Gasteiger partial charge on any atom is 0.270 e. The number of hydrogen-bond donors (Lipinski definition) is 2. The van der Waals surface area contributed by atoms with Crippen LogP contribution in [0.1, 0.15) is 34.3 Å². The lowest BCUT2D eigenvalue weighted by Gasteiger charge is -2.14. The van der Waals surface area contributed by atoms with E-state index in [1.54, 1.807) is 30.3 Å². The number of carbonyl (C=O) groups excluding carboxylic acids is 2. The Balaban J connectivity index is 1.82. The Morgan fingerprint density at radius 1 is 1.23 bits per heavy atom. The van der Waals surface area contributed by atoms with E-state index in [4.69, 9.17) is 4.74 Å². The molecule has 1 saturated heterocycles. The molecular weight excluding hydrogens is 386 g/mol. The Labute approximate surface area is 174 Å². The molecule has 1 fully saturated rings. The second kappa shape index (κ2) is 9.80. The number of ether oxygens (including phenoxy) is 1. The molecular formula is C22H23N3O5. The van der Waals surface area contributed by atoms with E-state index in [0.717, 1.165) is 18.4 Å². The van der Waals surface area contributed by atoms with Gasteiger partial charge in [0.25, 0.3) is 17.5 Å². The molecule has 1 heterocycles. The Morgan fingerprint density at radius 2 is 2.00 bits per heavy atom. The predicted molar refractivity (Wildman–Crippen MR) is 112 cm³/mol. The summed E-state index contributed by atoms with van der Waals surface area (Å²) in [7, 11) is 0. The standard InChI is InChI=1S/C22H23N3O5/c1-15-7-9-17(10-8-15)21(26)24-20(22(27)23-14-19-6-3-11-30-19)13-16-4-2-5-18(12-16)25(28)29/h2,4-5,7-10,12-13,19H,3,6,11,14H2,1H3,(H,23,27)(H,24,26)/b20-13+/t19-/m0/s1. The van der Waals surface area contributed by atoms with Crippen LogP contribution < -0.4 is 10.6 Å². The van der Waals surface area contributed by atoms with Crippen LogP contribution in [0, 0.1) is 17.0 Å². The normalized spacial score (nSPS) is 16.2. The number of rotatable bonds is 7. The second-order valence-corrected chi connectivity index (χ2v) is 7.08. The van der Waals surface area contributed by atoms with E-state index >= 15 is 0 Å². The van der Waals surface area contributed by atoms with Crippen molar-refractivity contribution in [1.82, 2.24) is 10.6 Å². The lowest BCUT2D eigenvalue weighted by Crippen LogP contribution is -2.38. The zero-order valence-corrected chi connectivity index (χ0v) is 16.6. The van der Waals surface area contributed by atoms with Crippen LogP contribution in [0.5, 0.6) is 0 Å². The van der Waals surface area contributed by atoms with Gasteiger partial charge >= 0.3 is 0 Å². The van der Waals surface area contributed by atoms with Gasteiger partial charge in [0.05, 0.1) is 11.0 Å². The van der Waals surface area contributed by atoms with Crippen molar-refractivity contribution in [1.29, 1.82) is 0 Å². The molecule has 30 heavy (non-hydrogen) atoms. The SMILES string of the molecule is Cc1ccc(C(=O)N/C(=C/c2cccc([N+](=O)[O-])c2)C(=O)NC[C@@H]2CCCO2)cc1. The molecule has 2 aromatic carbocycles. The van der Waals surface area contributed by atoms with Gasteiger partial charge in [-0.1, -0.05) is 29.8 Å². The molecule has 0 aliphatic carbocycles. The van der Waals surface area contributed by atoms with Gasteiger partial charge in [0.15, 0.2) is 0 Å². The van der Waals surface area contributed by atoms with Crippen molar-refractivity contribution in [2.24, 2.45) is 0 Å². The third-order valence-electron chi connectivity index (χ3n) is 4.71. The first kappa shape index (κ1) is 21.2. The van der Waals surface area contributed by atoms with Gasteiger partial charge in [-0.25, -0.2) is 0 Å². The van der Waals surface area contributed by atoms with Crippen molar-refractivity contribution in [2.45, 2.75) is 25.9 Å². The van der Waals surface area contributed by atoms with Crippen molar-refractivity contribution >= 4 is 23.6 Å². The number of hydrogen-bond acceptors (Lipinski definition) is 5. The van der Waals surface area contributed by atoms with Gasteiger partial charge in [-0.05, 0) is 43.5 Å². The first-order valence-corrected chi connectivity index (χ1v) is 9.66. The fraction of sp³-hybridized carbons (Fsp3) is 0.273. The molecule has 8 nitrogen and oxygen atoms in total. The van der Waals surface area contributed by atoms with Crippen LogP contribution in [0.2, 0.25) is 0 Å². The minimum absolute atomic E-state index is 0.000861. The number of aryl methyl sites for hydroxylation is 1. The summed E-state index contributed by atoms with van der Waals surface area (Å²) in [6.07, 6.45) is 3.17. The highest BCUT2D eigenvalue weighted by molar-refractivity contribution is 6.05. The smallest absolute Gasteiger partial charge is 0.270 e. The fourth-order valence-corrected chi connectivity index (χ4v) is 3.06. The summed E-state index contributed by atoms with van der Waals surface area (Å²) in [6.45, 7) is 2.90. The maximum atomic E-state index is 12.8. The highest BCUT2D eigenvalue weighted by atomic mass is 16.6. The average molecular weight is 409 g/mol. The molecule has 1 aliphatic rings. The van der Waals surface area contributed by atoms with Gasteiger partial charge in [0, 0.05) is 30.8 Å². The summed E-state index contributed by atoms with van der Waals surface area (Å²) in [4.78, 5) is 35.9. The second-order valence-electron chi connectivity index (χ2n) is 7.08. The summed E-state index contributed by atoms with van der Waals surface area (Å²) in [6, 6.07) is 12.8. The van der Waals surface area contributed by atoms with Gasteiger partial charge in [-0.2, -0.15) is 0 Å². The molecule has 2 aromatic rings. The Bertz CT molecular complexity index is 963. The lowest BCUT2D eigenvalue weighted by atomic mass is 10.1. The minimum Gasteiger partial charge on any atom is -0.376 e. The molecule has 1 atom stereocenters. The van der Waals surface area contributed by atoms with Crippen molar-refractivity contribution in [3.8, 4) is 0 Å². The largest absolute Gasteiger partial charge is 0.376 e. The molecule has 0 saturated carbocycles. The van der Waals surface area contributed by atoms with E-state index in [0.29, 0.717) is 24.3 Å². The molecule has 0 spiro atoms. The molecule has 2 amide bonds. The quantitative estimate of drug-likeness (QED) is 0.415. The third kappa shape index (κ3) is 5.74. The van der Waals surface area contributed by atoms with Gasteiger partial charge in [0.1, 0.15) is 5.70 Å². The van der Waals surface area contributed by atoms with E-state index in [9.17, 15) is 19.7 Å². The highest BCUT2D eigenvalue weighted by Crippen LogP contribution is 2.16. The van der Waals surface area contributed by atoms with Crippen LogP contribution in [0.3, 0.4) is 0 Å². The van der Waals surface area contributed by atoms with Crippen LogP contribution >= 0.6 is 0 Å². The van der Waals surface area contributed by atoms with Gasteiger partial charge in [-0.15, -0.1) is 0 Å². The third-order valence-corrected chi connectivity index (χ3v) is 4.71. The summed E-state index contributed by atoms with van der Waals surface area (Å²) in [5, 5.41) is 16.4. The Morgan fingerprint density at radius 3 is 2.67 bits per heavy atom. The van der Waals surface area contributed by atoms with E-state index in [1.165, 1.54) is 24.3 Å². The number of amides is 2. The monoisotopic (exact) mass is 409 g/mol. The van der Waals surface area contributed by atoms with Gasteiger partial charge in [0.2, 0.25) is 0 Å². The lowest BCUT2D eigenvalue weighted by molar-refractivity contribution is -0.384. The number of benzene rings is 2. The number of nitro groups is 1. The van der Waals surface area contributed by atoms with Crippen molar-refractivity contribution in [3.63, 3.8) is 0 Å². The molecule has 1 aliphatic heterocycles. The van der Waals surface area contributed by atoms with Crippen LogP contribution in [0.15, 0.2) is 54.2 Å². The topological polar surface area (TPSA) is 111 Å². The predicted octanol–water partition coefficient (Wildman–Crippen LogP) is 2.97. The van der Waals surface area contributed by atoms with Crippen LogP contribution in [-0.4, -0.2) is 36.0 Å². The minimum atomic E-state index is -0.514. The number of non-ortho nitro benzene ring substituents is 1.